The number of amides is 2. The molecule has 0 saturated carbocycles. The molecule has 7 nitrogen and oxygen atoms in total. The van der Waals surface area contributed by atoms with E-state index < -0.39 is 28.5 Å². The summed E-state index contributed by atoms with van der Waals surface area (Å²) in [4.78, 5) is 29.5. The van der Waals surface area contributed by atoms with E-state index in [4.69, 9.17) is 11.6 Å². The smallest absolute Gasteiger partial charge is 0.264 e. The van der Waals surface area contributed by atoms with E-state index in [1.54, 1.807) is 66.7 Å². The van der Waals surface area contributed by atoms with Crippen molar-refractivity contribution in [2.75, 3.05) is 10.8 Å². The average molecular weight is 604 g/mol. The van der Waals surface area contributed by atoms with Crippen LogP contribution in [-0.4, -0.2) is 43.8 Å². The number of anilines is 1. The molecular formula is C33H34ClN3O4S. The molecule has 9 heteroatoms. The van der Waals surface area contributed by atoms with Gasteiger partial charge in [-0.3, -0.25) is 13.9 Å². The van der Waals surface area contributed by atoms with Crippen molar-refractivity contribution in [3.8, 4) is 0 Å². The van der Waals surface area contributed by atoms with Gasteiger partial charge in [0.2, 0.25) is 11.8 Å². The van der Waals surface area contributed by atoms with E-state index >= 15 is 0 Å². The predicted molar refractivity (Wildman–Crippen MR) is 167 cm³/mol. The molecule has 1 N–H and O–H groups in total. The third-order valence-corrected chi connectivity index (χ3v) is 8.62. The van der Waals surface area contributed by atoms with Crippen LogP contribution in [-0.2, 0) is 32.6 Å². The number of halogens is 1. The molecule has 0 aliphatic heterocycles. The van der Waals surface area contributed by atoms with E-state index in [9.17, 15) is 18.0 Å². The van der Waals surface area contributed by atoms with Crippen molar-refractivity contribution >= 4 is 39.1 Å². The Labute approximate surface area is 252 Å². The van der Waals surface area contributed by atoms with Crippen LogP contribution < -0.4 is 9.62 Å². The van der Waals surface area contributed by atoms with Crippen molar-refractivity contribution in [2.24, 2.45) is 0 Å². The van der Waals surface area contributed by atoms with Gasteiger partial charge < -0.3 is 10.2 Å². The number of hydrogen-bond acceptors (Lipinski definition) is 4. The molecule has 2 amide bonds. The molecular weight excluding hydrogens is 570 g/mol. The van der Waals surface area contributed by atoms with Crippen LogP contribution in [0.5, 0.6) is 0 Å². The fourth-order valence-electron chi connectivity index (χ4n) is 4.61. The Morgan fingerprint density at radius 1 is 0.786 bits per heavy atom. The number of benzene rings is 4. The lowest BCUT2D eigenvalue weighted by molar-refractivity contribution is -0.140. The van der Waals surface area contributed by atoms with E-state index in [-0.39, 0.29) is 29.8 Å². The number of nitrogens with zero attached hydrogens (tertiary/aromatic N) is 2. The molecule has 4 aromatic carbocycles. The molecule has 0 aromatic heterocycles. The average Bonchev–Trinajstić information content (AvgIpc) is 2.98. The lowest BCUT2D eigenvalue weighted by Gasteiger charge is -2.34. The number of carbonyl (C=O) groups excluding carboxylic acids is 2. The Morgan fingerprint density at radius 2 is 1.36 bits per heavy atom. The first-order valence-electron chi connectivity index (χ1n) is 13.7. The minimum absolute atomic E-state index is 0.0520. The Morgan fingerprint density at radius 3 is 1.95 bits per heavy atom. The summed E-state index contributed by atoms with van der Waals surface area (Å²) in [6.07, 6.45) is 0.239. The van der Waals surface area contributed by atoms with Crippen LogP contribution in [0.3, 0.4) is 0 Å². The molecule has 0 saturated heterocycles. The number of para-hydroxylation sites is 1. The third-order valence-electron chi connectivity index (χ3n) is 6.60. The number of hydrogen-bond donors (Lipinski definition) is 1. The highest BCUT2D eigenvalue weighted by molar-refractivity contribution is 7.92. The van der Waals surface area contributed by atoms with E-state index in [0.29, 0.717) is 16.3 Å². The largest absolute Gasteiger partial charge is 0.352 e. The van der Waals surface area contributed by atoms with Gasteiger partial charge in [0.15, 0.2) is 0 Å². The van der Waals surface area contributed by atoms with Gasteiger partial charge in [0.1, 0.15) is 12.6 Å². The second-order valence-electron chi connectivity index (χ2n) is 10.2. The summed E-state index contributed by atoms with van der Waals surface area (Å²) < 4.78 is 28.9. The first kappa shape index (κ1) is 30.8. The summed E-state index contributed by atoms with van der Waals surface area (Å²) in [5, 5.41) is 3.44. The zero-order valence-corrected chi connectivity index (χ0v) is 25.1. The second kappa shape index (κ2) is 14.2. The Balaban J connectivity index is 1.78. The van der Waals surface area contributed by atoms with Crippen molar-refractivity contribution in [3.63, 3.8) is 0 Å². The predicted octanol–water partition coefficient (Wildman–Crippen LogP) is 5.70. The van der Waals surface area contributed by atoms with Crippen molar-refractivity contribution in [3.05, 3.63) is 131 Å². The lowest BCUT2D eigenvalue weighted by atomic mass is 10.0. The van der Waals surface area contributed by atoms with Crippen LogP contribution in [0, 0.1) is 0 Å². The fraction of sp³-hybridized carbons (Fsp3) is 0.212. The highest BCUT2D eigenvalue weighted by Gasteiger charge is 2.34. The fourth-order valence-corrected chi connectivity index (χ4v) is 6.26. The summed E-state index contributed by atoms with van der Waals surface area (Å²) in [6.45, 7) is 3.24. The second-order valence-corrected chi connectivity index (χ2v) is 12.5. The van der Waals surface area contributed by atoms with Crippen LogP contribution in [0.2, 0.25) is 5.02 Å². The number of rotatable bonds is 12. The van der Waals surface area contributed by atoms with E-state index in [1.165, 1.54) is 17.0 Å². The maximum Gasteiger partial charge on any atom is 0.264 e. The minimum Gasteiger partial charge on any atom is -0.352 e. The first-order chi connectivity index (χ1) is 20.1. The van der Waals surface area contributed by atoms with E-state index in [0.717, 1.165) is 9.87 Å². The van der Waals surface area contributed by atoms with E-state index in [2.05, 4.69) is 5.32 Å². The Kier molecular flexibility index (Phi) is 10.4. The van der Waals surface area contributed by atoms with Gasteiger partial charge in [-0.05, 0) is 61.4 Å². The monoisotopic (exact) mass is 603 g/mol. The van der Waals surface area contributed by atoms with Gasteiger partial charge in [-0.1, -0.05) is 90.5 Å². The summed E-state index contributed by atoms with van der Waals surface area (Å²) in [5.41, 5.74) is 1.91. The standard InChI is InChI=1S/C33H34ClN3O4S/c1-25(2)35-33(39)31(22-26-13-6-3-7-14-26)36(23-27-15-12-16-28(34)21-27)32(38)24-37(29-17-8-4-9-18-29)42(40,41)30-19-10-5-11-20-30/h3-21,25,31H,22-24H2,1-2H3,(H,35,39). The molecule has 0 fully saturated rings. The maximum absolute atomic E-state index is 14.3. The highest BCUT2D eigenvalue weighted by atomic mass is 35.5. The van der Waals surface area contributed by atoms with Crippen LogP contribution in [0.4, 0.5) is 5.69 Å². The minimum atomic E-state index is -4.12. The molecule has 42 heavy (non-hydrogen) atoms. The summed E-state index contributed by atoms with van der Waals surface area (Å²) >= 11 is 6.27. The summed E-state index contributed by atoms with van der Waals surface area (Å²) in [7, 11) is -4.12. The van der Waals surface area contributed by atoms with Gasteiger partial charge in [0.05, 0.1) is 10.6 Å². The highest BCUT2D eigenvalue weighted by Crippen LogP contribution is 2.25. The number of carbonyl (C=O) groups is 2. The molecule has 4 rings (SSSR count). The molecule has 0 bridgehead atoms. The van der Waals surface area contributed by atoms with Gasteiger partial charge in [0.25, 0.3) is 10.0 Å². The Bertz CT molecular complexity index is 1580. The topological polar surface area (TPSA) is 86.8 Å². The SMILES string of the molecule is CC(C)NC(=O)C(Cc1ccccc1)N(Cc1cccc(Cl)c1)C(=O)CN(c1ccccc1)S(=O)(=O)c1ccccc1. The van der Waals surface area contributed by atoms with Crippen LogP contribution in [0.25, 0.3) is 0 Å². The maximum atomic E-state index is 14.3. The van der Waals surface area contributed by atoms with Crippen molar-refractivity contribution in [1.82, 2.24) is 10.2 Å². The first-order valence-corrected chi connectivity index (χ1v) is 15.5. The summed E-state index contributed by atoms with van der Waals surface area (Å²) in [5.74, 6) is -0.861. The molecule has 0 radical (unpaired) electrons. The van der Waals surface area contributed by atoms with Crippen LogP contribution in [0.1, 0.15) is 25.0 Å². The van der Waals surface area contributed by atoms with Gasteiger partial charge in [-0.25, -0.2) is 8.42 Å². The number of sulfonamides is 1. The van der Waals surface area contributed by atoms with Gasteiger partial charge in [-0.15, -0.1) is 0 Å². The zero-order valence-electron chi connectivity index (χ0n) is 23.6. The van der Waals surface area contributed by atoms with Crippen LogP contribution in [0.15, 0.2) is 120 Å². The van der Waals surface area contributed by atoms with Gasteiger partial charge >= 0.3 is 0 Å². The van der Waals surface area contributed by atoms with Gasteiger partial charge in [-0.2, -0.15) is 0 Å². The molecule has 1 unspecified atom stereocenters. The molecule has 1 atom stereocenters. The molecule has 0 spiro atoms. The van der Waals surface area contributed by atoms with Crippen molar-refractivity contribution < 1.29 is 18.0 Å². The molecule has 0 aliphatic carbocycles. The van der Waals surface area contributed by atoms with Crippen LogP contribution >= 0.6 is 11.6 Å². The molecule has 218 valence electrons. The molecule has 0 heterocycles. The van der Waals surface area contributed by atoms with Crippen molar-refractivity contribution in [2.45, 2.75) is 43.8 Å². The molecule has 4 aromatic rings. The summed E-state index contributed by atoms with van der Waals surface area (Å²) in [6, 6.07) is 31.9. The zero-order chi connectivity index (χ0) is 30.1. The van der Waals surface area contributed by atoms with Gasteiger partial charge in [0, 0.05) is 24.0 Å². The lowest BCUT2D eigenvalue weighted by Crippen LogP contribution is -2.54. The third kappa shape index (κ3) is 7.99. The van der Waals surface area contributed by atoms with E-state index in [1.807, 2.05) is 50.2 Å². The normalized spacial score (nSPS) is 12.0. The Hall–Kier alpha value is -4.14. The number of nitrogens with one attached hydrogen (secondary N) is 1. The molecule has 0 aliphatic rings. The quantitative estimate of drug-likeness (QED) is 0.225. The van der Waals surface area contributed by atoms with Crippen molar-refractivity contribution in [1.29, 1.82) is 0 Å².